The van der Waals surface area contributed by atoms with Gasteiger partial charge in [0.2, 0.25) is 5.91 Å². The highest BCUT2D eigenvalue weighted by atomic mass is 16.5. The van der Waals surface area contributed by atoms with Crippen LogP contribution >= 0.6 is 0 Å². The van der Waals surface area contributed by atoms with Gasteiger partial charge in [0.25, 0.3) is 0 Å². The maximum atomic E-state index is 11.8. The summed E-state index contributed by atoms with van der Waals surface area (Å²) in [6.07, 6.45) is 0.453. The highest BCUT2D eigenvalue weighted by Crippen LogP contribution is 2.24. The summed E-state index contributed by atoms with van der Waals surface area (Å²) in [5.41, 5.74) is 1.31. The van der Waals surface area contributed by atoms with Crippen molar-refractivity contribution < 1.29 is 14.6 Å². The second-order valence-corrected chi connectivity index (χ2v) is 5.70. The van der Waals surface area contributed by atoms with Crippen molar-refractivity contribution in [3.63, 3.8) is 0 Å². The number of hydrogen-bond acceptors (Lipinski definition) is 3. The fraction of sp³-hybridized carbons (Fsp3) is 0.533. The van der Waals surface area contributed by atoms with E-state index >= 15 is 0 Å². The van der Waals surface area contributed by atoms with E-state index in [1.54, 1.807) is 18.2 Å². The van der Waals surface area contributed by atoms with Crippen LogP contribution in [0, 0.1) is 5.41 Å². The average Bonchev–Trinajstić information content (AvgIpc) is 2.28. The molecule has 0 radical (unpaired) electrons. The van der Waals surface area contributed by atoms with E-state index in [1.165, 1.54) is 0 Å². The Labute approximate surface area is 114 Å². The largest absolute Gasteiger partial charge is 0.494 e. The molecule has 0 aliphatic rings. The summed E-state index contributed by atoms with van der Waals surface area (Å²) in [5.74, 6) is 0.624. The van der Waals surface area contributed by atoms with E-state index in [0.717, 1.165) is 0 Å². The number of amides is 1. The molecule has 0 aliphatic heterocycles. The number of benzene rings is 1. The van der Waals surface area contributed by atoms with Gasteiger partial charge >= 0.3 is 0 Å². The predicted molar refractivity (Wildman–Crippen MR) is 76.2 cm³/mol. The average molecular weight is 265 g/mol. The minimum Gasteiger partial charge on any atom is -0.494 e. The molecular weight excluding hydrogens is 242 g/mol. The maximum absolute atomic E-state index is 11.8. The molecule has 0 fully saturated rings. The van der Waals surface area contributed by atoms with Crippen molar-refractivity contribution in [3.05, 3.63) is 23.8 Å². The number of aliphatic hydroxyl groups excluding tert-OH is 1. The number of rotatable bonds is 5. The molecular formula is C15H23NO3. The van der Waals surface area contributed by atoms with Crippen molar-refractivity contribution in [1.82, 2.24) is 0 Å². The van der Waals surface area contributed by atoms with E-state index in [-0.39, 0.29) is 17.9 Å². The molecule has 0 saturated heterocycles. The van der Waals surface area contributed by atoms with Crippen LogP contribution < -0.4 is 10.1 Å². The third-order valence-corrected chi connectivity index (χ3v) is 2.51. The zero-order valence-electron chi connectivity index (χ0n) is 12.1. The Hall–Kier alpha value is -1.55. The van der Waals surface area contributed by atoms with Gasteiger partial charge in [-0.15, -0.1) is 0 Å². The molecule has 1 aromatic rings. The fourth-order valence-corrected chi connectivity index (χ4v) is 1.76. The normalized spacial score (nSPS) is 11.2. The SMILES string of the molecule is CCOc1ccc(NC(=O)CC(C)(C)C)cc1CO. The monoisotopic (exact) mass is 265 g/mol. The third kappa shape index (κ3) is 5.30. The molecule has 19 heavy (non-hydrogen) atoms. The van der Waals surface area contributed by atoms with Crippen LogP contribution in [0.4, 0.5) is 5.69 Å². The second kappa shape index (κ2) is 6.57. The van der Waals surface area contributed by atoms with Gasteiger partial charge < -0.3 is 15.2 Å². The molecule has 1 rings (SSSR count). The van der Waals surface area contributed by atoms with Gasteiger partial charge in [-0.2, -0.15) is 0 Å². The standard InChI is InChI=1S/C15H23NO3/c1-5-19-13-7-6-12(8-11(13)10-17)16-14(18)9-15(2,3)4/h6-8,17H,5,9-10H2,1-4H3,(H,16,18). The first kappa shape index (κ1) is 15.5. The highest BCUT2D eigenvalue weighted by molar-refractivity contribution is 5.91. The Morgan fingerprint density at radius 2 is 2.05 bits per heavy atom. The van der Waals surface area contributed by atoms with Crippen LogP contribution in [0.1, 0.15) is 39.7 Å². The number of nitrogens with one attached hydrogen (secondary N) is 1. The molecule has 0 saturated carbocycles. The molecule has 4 nitrogen and oxygen atoms in total. The van der Waals surface area contributed by atoms with E-state index in [4.69, 9.17) is 4.74 Å². The van der Waals surface area contributed by atoms with Crippen molar-refractivity contribution in [1.29, 1.82) is 0 Å². The zero-order valence-corrected chi connectivity index (χ0v) is 12.1. The summed E-state index contributed by atoms with van der Waals surface area (Å²) in [4.78, 5) is 11.8. The Kier molecular flexibility index (Phi) is 5.36. The van der Waals surface area contributed by atoms with Gasteiger partial charge in [-0.1, -0.05) is 20.8 Å². The van der Waals surface area contributed by atoms with Crippen LogP contribution in [0.2, 0.25) is 0 Å². The molecule has 4 heteroatoms. The van der Waals surface area contributed by atoms with Gasteiger partial charge in [0.1, 0.15) is 5.75 Å². The molecule has 1 amide bonds. The summed E-state index contributed by atoms with van der Waals surface area (Å²) in [6, 6.07) is 5.29. The number of ether oxygens (including phenoxy) is 1. The number of hydrogen-bond donors (Lipinski definition) is 2. The molecule has 0 aromatic heterocycles. The first-order valence-corrected chi connectivity index (χ1v) is 6.52. The number of aliphatic hydroxyl groups is 1. The van der Waals surface area contributed by atoms with Crippen molar-refractivity contribution in [3.8, 4) is 5.75 Å². The van der Waals surface area contributed by atoms with Crippen LogP contribution in [0.25, 0.3) is 0 Å². The molecule has 0 unspecified atom stereocenters. The quantitative estimate of drug-likeness (QED) is 0.860. The van der Waals surface area contributed by atoms with Gasteiger partial charge in [0.15, 0.2) is 0 Å². The molecule has 0 atom stereocenters. The fourth-order valence-electron chi connectivity index (χ4n) is 1.76. The van der Waals surface area contributed by atoms with Crippen molar-refractivity contribution in [2.45, 2.75) is 40.7 Å². The first-order chi connectivity index (χ1) is 8.85. The zero-order chi connectivity index (χ0) is 14.5. The highest BCUT2D eigenvalue weighted by Gasteiger charge is 2.16. The smallest absolute Gasteiger partial charge is 0.224 e. The van der Waals surface area contributed by atoms with E-state index in [9.17, 15) is 9.90 Å². The van der Waals surface area contributed by atoms with E-state index in [2.05, 4.69) is 5.32 Å². The number of carbonyl (C=O) groups is 1. The summed E-state index contributed by atoms with van der Waals surface area (Å²) < 4.78 is 5.40. The van der Waals surface area contributed by atoms with Crippen LogP contribution in [0.15, 0.2) is 18.2 Å². The van der Waals surface area contributed by atoms with Gasteiger partial charge in [-0.3, -0.25) is 4.79 Å². The summed E-state index contributed by atoms with van der Waals surface area (Å²) in [5, 5.41) is 12.1. The van der Waals surface area contributed by atoms with Crippen molar-refractivity contribution >= 4 is 11.6 Å². The van der Waals surface area contributed by atoms with E-state index in [0.29, 0.717) is 30.0 Å². The second-order valence-electron chi connectivity index (χ2n) is 5.70. The number of anilines is 1. The van der Waals surface area contributed by atoms with Crippen LogP contribution in [-0.4, -0.2) is 17.6 Å². The number of carbonyl (C=O) groups excluding carboxylic acids is 1. The van der Waals surface area contributed by atoms with E-state index in [1.807, 2.05) is 27.7 Å². The lowest BCUT2D eigenvalue weighted by atomic mass is 9.92. The topological polar surface area (TPSA) is 58.6 Å². The predicted octanol–water partition coefficient (Wildman–Crippen LogP) is 2.95. The van der Waals surface area contributed by atoms with Crippen LogP contribution in [0.5, 0.6) is 5.75 Å². The molecule has 0 heterocycles. The van der Waals surface area contributed by atoms with Gasteiger partial charge in [0.05, 0.1) is 13.2 Å². The lowest BCUT2D eigenvalue weighted by molar-refractivity contribution is -0.117. The lowest BCUT2D eigenvalue weighted by Crippen LogP contribution is -2.19. The van der Waals surface area contributed by atoms with Gasteiger partial charge in [0, 0.05) is 17.7 Å². The lowest BCUT2D eigenvalue weighted by Gasteiger charge is -2.17. The minimum atomic E-state index is -0.113. The molecule has 0 bridgehead atoms. The van der Waals surface area contributed by atoms with Crippen LogP contribution in [-0.2, 0) is 11.4 Å². The molecule has 2 N–H and O–H groups in total. The van der Waals surface area contributed by atoms with Gasteiger partial charge in [-0.25, -0.2) is 0 Å². The molecule has 1 aromatic carbocycles. The van der Waals surface area contributed by atoms with E-state index < -0.39 is 0 Å². The summed E-state index contributed by atoms with van der Waals surface area (Å²) in [7, 11) is 0. The minimum absolute atomic E-state index is 0.0273. The molecule has 0 spiro atoms. The molecule has 0 aliphatic carbocycles. The Morgan fingerprint density at radius 3 is 2.58 bits per heavy atom. The Balaban J connectivity index is 2.77. The summed E-state index contributed by atoms with van der Waals surface area (Å²) >= 11 is 0. The third-order valence-electron chi connectivity index (χ3n) is 2.51. The maximum Gasteiger partial charge on any atom is 0.224 e. The van der Waals surface area contributed by atoms with Crippen molar-refractivity contribution in [2.75, 3.05) is 11.9 Å². The van der Waals surface area contributed by atoms with Crippen molar-refractivity contribution in [2.24, 2.45) is 5.41 Å². The molecule has 106 valence electrons. The van der Waals surface area contributed by atoms with Gasteiger partial charge in [-0.05, 0) is 30.5 Å². The summed E-state index contributed by atoms with van der Waals surface area (Å²) in [6.45, 7) is 8.37. The first-order valence-electron chi connectivity index (χ1n) is 6.52. The Morgan fingerprint density at radius 1 is 1.37 bits per heavy atom. The van der Waals surface area contributed by atoms with Crippen LogP contribution in [0.3, 0.4) is 0 Å². The Bertz CT molecular complexity index is 436.